The lowest BCUT2D eigenvalue weighted by Crippen LogP contribution is -2.52. The lowest BCUT2D eigenvalue weighted by molar-refractivity contribution is -0.140. The summed E-state index contributed by atoms with van der Waals surface area (Å²) in [5.41, 5.74) is 1.61. The Morgan fingerprint density at radius 1 is 1.11 bits per heavy atom. The number of hydrogen-bond donors (Lipinski definition) is 1. The quantitative estimate of drug-likeness (QED) is 0.417. The van der Waals surface area contributed by atoms with Gasteiger partial charge < -0.3 is 15.0 Å². The van der Waals surface area contributed by atoms with Crippen molar-refractivity contribution in [2.24, 2.45) is 0 Å². The number of nitrogens with one attached hydrogen (secondary N) is 1. The zero-order valence-corrected chi connectivity index (χ0v) is 23.5. The molecule has 8 nitrogen and oxygen atoms in total. The average Bonchev–Trinajstić information content (AvgIpc) is 2.81. The summed E-state index contributed by atoms with van der Waals surface area (Å²) in [5.74, 6) is -0.579. The summed E-state index contributed by atoms with van der Waals surface area (Å²) in [4.78, 5) is 28.1. The Morgan fingerprint density at radius 2 is 1.81 bits per heavy atom. The molecule has 198 valence electrons. The average molecular weight is 559 g/mol. The number of aryl methyl sites for hydroxylation is 1. The lowest BCUT2D eigenvalue weighted by Gasteiger charge is -2.33. The zero-order valence-electron chi connectivity index (χ0n) is 21.2. The molecule has 11 heteroatoms. The molecule has 2 amide bonds. The lowest BCUT2D eigenvalue weighted by atomic mass is 10.1. The van der Waals surface area contributed by atoms with Crippen LogP contribution in [0.1, 0.15) is 37.8 Å². The number of halogens is 2. The SMILES string of the molecule is CCCNC(=O)[C@@H](CC)N(Cc1ccc(Cl)cc1Cl)C(=O)CN(c1cc(C)ccc1OC)S(C)(=O)=O. The molecule has 0 saturated carbocycles. The van der Waals surface area contributed by atoms with E-state index < -0.39 is 28.5 Å². The van der Waals surface area contributed by atoms with E-state index in [4.69, 9.17) is 27.9 Å². The van der Waals surface area contributed by atoms with Crippen molar-refractivity contribution in [2.75, 3.05) is 30.8 Å². The Kier molecular flexibility index (Phi) is 10.9. The van der Waals surface area contributed by atoms with Gasteiger partial charge in [-0.15, -0.1) is 0 Å². The molecule has 1 atom stereocenters. The van der Waals surface area contributed by atoms with Gasteiger partial charge in [0.25, 0.3) is 0 Å². The van der Waals surface area contributed by atoms with Crippen LogP contribution in [-0.2, 0) is 26.2 Å². The fraction of sp³-hybridized carbons (Fsp3) is 0.440. The van der Waals surface area contributed by atoms with Crippen LogP contribution in [0.4, 0.5) is 5.69 Å². The standard InChI is InChI=1S/C25H33Cl2N3O5S/c1-6-12-28-25(32)21(7-2)29(15-18-9-10-19(26)14-20(18)27)24(31)16-30(36(5,33)34)22-13-17(3)8-11-23(22)35-4/h8-11,13-14,21H,6-7,12,15-16H2,1-5H3,(H,28,32)/t21-/m1/s1. The topological polar surface area (TPSA) is 96.0 Å². The number of sulfonamides is 1. The molecule has 0 aliphatic rings. The van der Waals surface area contributed by atoms with Gasteiger partial charge >= 0.3 is 0 Å². The maximum absolute atomic E-state index is 13.7. The molecule has 36 heavy (non-hydrogen) atoms. The highest BCUT2D eigenvalue weighted by Crippen LogP contribution is 2.31. The van der Waals surface area contributed by atoms with Crippen molar-refractivity contribution in [3.63, 3.8) is 0 Å². The summed E-state index contributed by atoms with van der Waals surface area (Å²) in [6, 6.07) is 9.11. The van der Waals surface area contributed by atoms with Crippen LogP contribution in [0.15, 0.2) is 36.4 Å². The number of hydrogen-bond acceptors (Lipinski definition) is 5. The van der Waals surface area contributed by atoms with Gasteiger partial charge in [0, 0.05) is 23.1 Å². The van der Waals surface area contributed by atoms with Crippen LogP contribution in [0.25, 0.3) is 0 Å². The molecule has 0 aliphatic carbocycles. The number of ether oxygens (including phenoxy) is 1. The van der Waals surface area contributed by atoms with Gasteiger partial charge in [0.2, 0.25) is 21.8 Å². The van der Waals surface area contributed by atoms with Crippen molar-refractivity contribution >= 4 is 50.7 Å². The highest BCUT2D eigenvalue weighted by atomic mass is 35.5. The van der Waals surface area contributed by atoms with Gasteiger partial charge in [-0.3, -0.25) is 13.9 Å². The van der Waals surface area contributed by atoms with Crippen LogP contribution in [-0.4, -0.2) is 57.6 Å². The maximum atomic E-state index is 13.7. The van der Waals surface area contributed by atoms with E-state index in [-0.39, 0.29) is 18.1 Å². The molecule has 0 heterocycles. The van der Waals surface area contributed by atoms with Crippen molar-refractivity contribution < 1.29 is 22.7 Å². The molecule has 0 aliphatic heterocycles. The van der Waals surface area contributed by atoms with E-state index in [1.807, 2.05) is 13.8 Å². The maximum Gasteiger partial charge on any atom is 0.244 e. The molecule has 0 fully saturated rings. The molecule has 2 aromatic carbocycles. The third-order valence-electron chi connectivity index (χ3n) is 5.57. The third kappa shape index (κ3) is 7.75. The Morgan fingerprint density at radius 3 is 2.36 bits per heavy atom. The number of methoxy groups -OCH3 is 1. The van der Waals surface area contributed by atoms with Gasteiger partial charge in [-0.2, -0.15) is 0 Å². The first-order chi connectivity index (χ1) is 16.9. The molecule has 2 aromatic rings. The molecule has 0 spiro atoms. The van der Waals surface area contributed by atoms with Crippen LogP contribution >= 0.6 is 23.2 Å². The molecular formula is C25H33Cl2N3O5S. The monoisotopic (exact) mass is 557 g/mol. The fourth-order valence-corrected chi connectivity index (χ4v) is 5.02. The molecule has 1 N–H and O–H groups in total. The van der Waals surface area contributed by atoms with Crippen LogP contribution < -0.4 is 14.4 Å². The van der Waals surface area contributed by atoms with E-state index >= 15 is 0 Å². The number of amides is 2. The molecule has 0 bridgehead atoms. The zero-order chi connectivity index (χ0) is 27.0. The molecule has 0 radical (unpaired) electrons. The van der Waals surface area contributed by atoms with E-state index in [9.17, 15) is 18.0 Å². The number of nitrogens with zero attached hydrogens (tertiary/aromatic N) is 2. The minimum absolute atomic E-state index is 0.00452. The fourth-order valence-electron chi connectivity index (χ4n) is 3.71. The van der Waals surface area contributed by atoms with E-state index in [2.05, 4.69) is 5.32 Å². The number of benzene rings is 2. The number of carbonyl (C=O) groups excluding carboxylic acids is 2. The first kappa shape index (κ1) is 29.7. The Hall–Kier alpha value is -2.49. The molecular weight excluding hydrogens is 525 g/mol. The predicted octanol–water partition coefficient (Wildman–Crippen LogP) is 4.41. The van der Waals surface area contributed by atoms with Gasteiger partial charge in [-0.1, -0.05) is 49.2 Å². The van der Waals surface area contributed by atoms with Crippen molar-refractivity contribution in [1.82, 2.24) is 10.2 Å². The number of rotatable bonds is 12. The van der Waals surface area contributed by atoms with Crippen molar-refractivity contribution in [2.45, 2.75) is 46.2 Å². The minimum Gasteiger partial charge on any atom is -0.495 e. The van der Waals surface area contributed by atoms with Crippen molar-refractivity contribution in [1.29, 1.82) is 0 Å². The van der Waals surface area contributed by atoms with E-state index in [0.29, 0.717) is 34.3 Å². The van der Waals surface area contributed by atoms with Crippen LogP contribution in [0.5, 0.6) is 5.75 Å². The minimum atomic E-state index is -3.89. The largest absolute Gasteiger partial charge is 0.495 e. The molecule has 0 unspecified atom stereocenters. The summed E-state index contributed by atoms with van der Waals surface area (Å²) in [6.45, 7) is 5.45. The van der Waals surface area contributed by atoms with E-state index in [0.717, 1.165) is 22.5 Å². The second-order valence-electron chi connectivity index (χ2n) is 8.42. The second kappa shape index (κ2) is 13.2. The van der Waals surface area contributed by atoms with Crippen LogP contribution in [0.3, 0.4) is 0 Å². The third-order valence-corrected chi connectivity index (χ3v) is 7.29. The van der Waals surface area contributed by atoms with Crippen molar-refractivity contribution in [3.8, 4) is 5.75 Å². The predicted molar refractivity (Wildman–Crippen MR) is 144 cm³/mol. The van der Waals surface area contributed by atoms with Crippen LogP contribution in [0.2, 0.25) is 10.0 Å². The van der Waals surface area contributed by atoms with Crippen LogP contribution in [0, 0.1) is 6.92 Å². The number of anilines is 1. The highest BCUT2D eigenvalue weighted by molar-refractivity contribution is 7.92. The summed E-state index contributed by atoms with van der Waals surface area (Å²) >= 11 is 12.4. The molecule has 0 aromatic heterocycles. The Balaban J connectivity index is 2.53. The van der Waals surface area contributed by atoms with E-state index in [1.165, 1.54) is 12.0 Å². The number of carbonyl (C=O) groups is 2. The van der Waals surface area contributed by atoms with Gasteiger partial charge in [0.05, 0.1) is 19.1 Å². The summed E-state index contributed by atoms with van der Waals surface area (Å²) in [7, 11) is -2.46. The molecule has 0 saturated heterocycles. The van der Waals surface area contributed by atoms with Gasteiger partial charge in [-0.05, 0) is 55.2 Å². The van der Waals surface area contributed by atoms with Crippen molar-refractivity contribution in [3.05, 3.63) is 57.6 Å². The highest BCUT2D eigenvalue weighted by Gasteiger charge is 2.32. The van der Waals surface area contributed by atoms with Gasteiger partial charge in [0.15, 0.2) is 0 Å². The van der Waals surface area contributed by atoms with Gasteiger partial charge in [-0.25, -0.2) is 8.42 Å². The van der Waals surface area contributed by atoms with Gasteiger partial charge in [0.1, 0.15) is 18.3 Å². The smallest absolute Gasteiger partial charge is 0.244 e. The summed E-state index contributed by atoms with van der Waals surface area (Å²) < 4.78 is 32.0. The summed E-state index contributed by atoms with van der Waals surface area (Å²) in [5, 5.41) is 3.60. The Labute approximate surface area is 223 Å². The second-order valence-corrected chi connectivity index (χ2v) is 11.2. The first-order valence-electron chi connectivity index (χ1n) is 11.6. The summed E-state index contributed by atoms with van der Waals surface area (Å²) in [6.07, 6.45) is 2.07. The first-order valence-corrected chi connectivity index (χ1v) is 14.2. The molecule has 2 rings (SSSR count). The Bertz CT molecular complexity index is 1190. The van der Waals surface area contributed by atoms with E-state index in [1.54, 1.807) is 43.3 Å². The normalized spacial score (nSPS) is 12.1.